The second-order valence-corrected chi connectivity index (χ2v) is 14.1. The second-order valence-electron chi connectivity index (χ2n) is 14.1. The molecule has 6 heteroatoms. The summed E-state index contributed by atoms with van der Waals surface area (Å²) in [6.45, 7) is 6.12. The van der Waals surface area contributed by atoms with E-state index in [-0.39, 0.29) is 24.9 Å². The molecule has 0 spiro atoms. The predicted octanol–water partition coefficient (Wildman–Crippen LogP) is 12.4. The maximum absolute atomic E-state index is 13.1. The molecule has 310 valence electrons. The molecule has 0 aliphatic heterocycles. The van der Waals surface area contributed by atoms with Crippen molar-refractivity contribution >= 4 is 11.9 Å². The summed E-state index contributed by atoms with van der Waals surface area (Å²) >= 11 is 0. The maximum atomic E-state index is 13.1. The van der Waals surface area contributed by atoms with Gasteiger partial charge in [-0.15, -0.1) is 0 Å². The zero-order chi connectivity index (χ0) is 40.3. The van der Waals surface area contributed by atoms with Gasteiger partial charge in [-0.3, -0.25) is 9.59 Å². The second kappa shape index (κ2) is 41.7. The molecule has 6 nitrogen and oxygen atoms in total. The number of hydrogen-bond acceptors (Lipinski definition) is 5. The fourth-order valence-electron chi connectivity index (χ4n) is 5.73. The van der Waals surface area contributed by atoms with Gasteiger partial charge in [0.1, 0.15) is 6.10 Å². The highest BCUT2D eigenvalue weighted by molar-refractivity contribution is 5.77. The minimum Gasteiger partial charge on any atom is -0.461 e. The molecular weight excluding hydrogens is 683 g/mol. The quantitative estimate of drug-likeness (QED) is 0.0256. The van der Waals surface area contributed by atoms with Crippen molar-refractivity contribution in [1.29, 1.82) is 0 Å². The maximum Gasteiger partial charge on any atom is 0.306 e. The number of unbranched alkanes of at least 4 members (excludes halogenated alkanes) is 11. The lowest BCUT2D eigenvalue weighted by atomic mass is 10.0. The lowest BCUT2D eigenvalue weighted by molar-refractivity contribution is -0.150. The smallest absolute Gasteiger partial charge is 0.306 e. The summed E-state index contributed by atoms with van der Waals surface area (Å²) in [6.07, 6.45) is 56.0. The van der Waals surface area contributed by atoms with E-state index in [1.165, 1.54) is 38.5 Å². The summed E-state index contributed by atoms with van der Waals surface area (Å²) < 4.78 is 5.79. The van der Waals surface area contributed by atoms with Crippen molar-refractivity contribution in [3.8, 4) is 0 Å². The van der Waals surface area contributed by atoms with Crippen molar-refractivity contribution in [2.75, 3.05) is 6.61 Å². The Morgan fingerprint density at radius 1 is 0.582 bits per heavy atom. The lowest BCUT2D eigenvalue weighted by Crippen LogP contribution is -2.46. The molecule has 55 heavy (non-hydrogen) atoms. The van der Waals surface area contributed by atoms with Crippen LogP contribution in [0.25, 0.3) is 0 Å². The highest BCUT2D eigenvalue weighted by Crippen LogP contribution is 2.14. The first-order valence-electron chi connectivity index (χ1n) is 21.7. The number of carbonyl (C=O) groups excluding carboxylic acids is 2. The average molecular weight is 762 g/mol. The molecule has 0 radical (unpaired) electrons. The Kier molecular flexibility index (Phi) is 39.0. The van der Waals surface area contributed by atoms with Crippen LogP contribution >= 0.6 is 0 Å². The normalized spacial score (nSPS) is 14.5. The topological polar surface area (TPSA) is 95.9 Å². The fourth-order valence-corrected chi connectivity index (χ4v) is 5.73. The highest BCUT2D eigenvalue weighted by atomic mass is 16.5. The first-order valence-corrected chi connectivity index (χ1v) is 21.7. The largest absolute Gasteiger partial charge is 0.461 e. The summed E-state index contributed by atoms with van der Waals surface area (Å²) in [5.74, 6) is -0.662. The van der Waals surface area contributed by atoms with E-state index in [2.05, 4.69) is 80.8 Å². The van der Waals surface area contributed by atoms with Gasteiger partial charge in [-0.25, -0.2) is 0 Å². The van der Waals surface area contributed by atoms with Gasteiger partial charge < -0.3 is 20.3 Å². The van der Waals surface area contributed by atoms with Crippen molar-refractivity contribution in [1.82, 2.24) is 5.32 Å². The van der Waals surface area contributed by atoms with Gasteiger partial charge in [0.2, 0.25) is 5.91 Å². The zero-order valence-corrected chi connectivity index (χ0v) is 35.0. The number of esters is 1. The fraction of sp³-hybridized carbons (Fsp3) is 0.592. The van der Waals surface area contributed by atoms with Crippen LogP contribution in [0.5, 0.6) is 0 Å². The number of hydrogen-bond donors (Lipinski definition) is 3. The summed E-state index contributed by atoms with van der Waals surface area (Å²) in [6, 6.07) is -0.750. The van der Waals surface area contributed by atoms with Gasteiger partial charge in [-0.2, -0.15) is 0 Å². The summed E-state index contributed by atoms with van der Waals surface area (Å²) in [5.41, 5.74) is 0. The standard InChI is InChI=1S/C49H79NO5/c1-4-7-10-13-16-19-21-22-23-24-25-27-30-33-36-39-42-49(54)55-45(40-37-34-31-29-26-20-17-14-11-8-5-2)43-48(53)50-46(44-51)47(52)41-38-35-32-28-18-15-12-9-6-3/h7-8,10-11,14,16-17,19-20,22-23,25-27,29,31,34,37,45-47,51-52H,4-6,9,12-13,15,18,21,24,28,30,32-33,35-36,38-44H2,1-3H3,(H,50,53)/b10-7+,11-8+,17-14+,19-16+,23-22+,26-20-,27-25+,31-29-,37-34+. The van der Waals surface area contributed by atoms with Gasteiger partial charge >= 0.3 is 5.97 Å². The van der Waals surface area contributed by atoms with Crippen molar-refractivity contribution in [3.05, 3.63) is 109 Å². The van der Waals surface area contributed by atoms with Crippen LogP contribution in [0.15, 0.2) is 109 Å². The van der Waals surface area contributed by atoms with Gasteiger partial charge in [-0.1, -0.05) is 194 Å². The molecule has 1 amide bonds. The third-order valence-corrected chi connectivity index (χ3v) is 8.98. The van der Waals surface area contributed by atoms with E-state index in [9.17, 15) is 19.8 Å². The number of nitrogens with one attached hydrogen (secondary N) is 1. The van der Waals surface area contributed by atoms with Gasteiger partial charge in [0.15, 0.2) is 0 Å². The van der Waals surface area contributed by atoms with E-state index in [4.69, 9.17) is 4.74 Å². The van der Waals surface area contributed by atoms with E-state index in [1.54, 1.807) is 0 Å². The first kappa shape index (κ1) is 51.5. The van der Waals surface area contributed by atoms with Crippen LogP contribution in [0.3, 0.4) is 0 Å². The Morgan fingerprint density at radius 2 is 1.09 bits per heavy atom. The van der Waals surface area contributed by atoms with Crippen molar-refractivity contribution in [3.63, 3.8) is 0 Å². The van der Waals surface area contributed by atoms with Crippen LogP contribution in [0, 0.1) is 0 Å². The minimum atomic E-state index is -0.827. The van der Waals surface area contributed by atoms with Crippen LogP contribution < -0.4 is 5.32 Å². The lowest BCUT2D eigenvalue weighted by Gasteiger charge is -2.24. The molecule has 0 aromatic carbocycles. The minimum absolute atomic E-state index is 0.0388. The predicted molar refractivity (Wildman–Crippen MR) is 236 cm³/mol. The number of amides is 1. The molecule has 0 aromatic rings. The van der Waals surface area contributed by atoms with E-state index in [1.807, 2.05) is 54.7 Å². The zero-order valence-electron chi connectivity index (χ0n) is 35.0. The number of ether oxygens (including phenoxy) is 1. The Labute approximate surface area is 337 Å². The first-order chi connectivity index (χ1) is 27.0. The van der Waals surface area contributed by atoms with Crippen LogP contribution in [0.1, 0.15) is 162 Å². The number of carbonyl (C=O) groups is 2. The molecule has 0 bridgehead atoms. The van der Waals surface area contributed by atoms with Crippen molar-refractivity contribution < 1.29 is 24.5 Å². The number of aliphatic hydroxyl groups excluding tert-OH is 2. The van der Waals surface area contributed by atoms with E-state index >= 15 is 0 Å². The molecule has 0 fully saturated rings. The summed E-state index contributed by atoms with van der Waals surface area (Å²) in [7, 11) is 0. The van der Waals surface area contributed by atoms with Gasteiger partial charge in [0.05, 0.1) is 25.2 Å². The van der Waals surface area contributed by atoms with E-state index in [0.29, 0.717) is 19.3 Å². The Balaban J connectivity index is 4.82. The van der Waals surface area contributed by atoms with Gasteiger partial charge in [0.25, 0.3) is 0 Å². The average Bonchev–Trinajstić information content (AvgIpc) is 3.18. The third kappa shape index (κ3) is 37.2. The molecule has 0 rings (SSSR count). The molecular formula is C49H79NO5. The van der Waals surface area contributed by atoms with Gasteiger partial charge in [-0.05, 0) is 57.8 Å². The molecule has 0 saturated heterocycles. The molecule has 0 aliphatic carbocycles. The van der Waals surface area contributed by atoms with Crippen molar-refractivity contribution in [2.24, 2.45) is 0 Å². The van der Waals surface area contributed by atoms with Crippen LogP contribution in [0.2, 0.25) is 0 Å². The van der Waals surface area contributed by atoms with Crippen LogP contribution in [-0.2, 0) is 14.3 Å². The molecule has 0 heterocycles. The number of rotatable bonds is 36. The molecule has 0 saturated carbocycles. The molecule has 0 aromatic heterocycles. The Hall–Kier alpha value is -3.48. The third-order valence-electron chi connectivity index (χ3n) is 8.98. The Morgan fingerprint density at radius 3 is 1.67 bits per heavy atom. The molecule has 3 atom stereocenters. The molecule has 0 aliphatic rings. The monoisotopic (exact) mass is 762 g/mol. The summed E-state index contributed by atoms with van der Waals surface area (Å²) in [5, 5.41) is 23.5. The highest BCUT2D eigenvalue weighted by Gasteiger charge is 2.23. The SMILES string of the molecule is CC/C=C/C=C/C=C\C=C/C=C/CC(CC(=O)NC(CO)C(O)CCCCCCCCCCC)OC(=O)CCCCC/C=C/C/C=C/C/C=C/C/C=C/CC. The number of allylic oxidation sites excluding steroid dienone is 17. The number of aliphatic hydroxyl groups is 2. The van der Waals surface area contributed by atoms with Crippen molar-refractivity contribution in [2.45, 2.75) is 180 Å². The Bertz CT molecular complexity index is 1170. The summed E-state index contributed by atoms with van der Waals surface area (Å²) in [4.78, 5) is 25.9. The van der Waals surface area contributed by atoms with Crippen LogP contribution in [0.4, 0.5) is 0 Å². The van der Waals surface area contributed by atoms with Crippen LogP contribution in [-0.4, -0.2) is 46.9 Å². The molecule has 3 N–H and O–H groups in total. The van der Waals surface area contributed by atoms with Gasteiger partial charge in [0, 0.05) is 12.8 Å². The van der Waals surface area contributed by atoms with E-state index < -0.39 is 18.2 Å². The van der Waals surface area contributed by atoms with E-state index in [0.717, 1.165) is 77.0 Å². The molecule has 3 unspecified atom stereocenters.